The minimum Gasteiger partial charge on any atom is -0.142 e. The fraction of sp³-hybridized carbons (Fsp3) is 0.143. The van der Waals surface area contributed by atoms with Crippen LogP contribution < -0.4 is 0 Å². The molecule has 1 aromatic carbocycles. The molecule has 0 unspecified atom stereocenters. The average molecular weight is 329 g/mol. The van der Waals surface area contributed by atoms with Crippen LogP contribution in [0, 0.1) is 10.5 Å². The highest BCUT2D eigenvalue weighted by atomic mass is 127. The van der Waals surface area contributed by atoms with Crippen molar-refractivity contribution in [2.45, 2.75) is 11.8 Å². The van der Waals surface area contributed by atoms with Crippen LogP contribution in [0.5, 0.6) is 0 Å². The largest absolute Gasteiger partial charge is 0.142 e. The Kier molecular flexibility index (Phi) is 3.06. The maximum Gasteiger partial charge on any atom is 0.0267 e. The predicted octanol–water partition coefficient (Wildman–Crippen LogP) is 3.65. The lowest BCUT2D eigenvalue weighted by Crippen LogP contribution is -1.81. The van der Waals surface area contributed by atoms with Crippen LogP contribution >= 0.6 is 51.1 Å². The van der Waals surface area contributed by atoms with Crippen LogP contribution in [0.4, 0.5) is 0 Å². The molecular weight excluding hydrogens is 323 g/mol. The molecule has 0 amide bonds. The Bertz CT molecular complexity index is 233. The lowest BCUT2D eigenvalue weighted by atomic mass is 10.2. The van der Waals surface area contributed by atoms with Crippen LogP contribution in [0.2, 0.25) is 0 Å². The van der Waals surface area contributed by atoms with Gasteiger partial charge in [-0.3, -0.25) is 0 Å². The molecule has 0 spiro atoms. The van der Waals surface area contributed by atoms with Gasteiger partial charge in [-0.2, -0.15) is 0 Å². The van der Waals surface area contributed by atoms with Gasteiger partial charge in [-0.05, 0) is 47.2 Å². The standard InChI is InChI=1S/C7H6BrIS/c1-4-5(8)2-3-6(9)7(4)10/h2-3,10H,1H3. The van der Waals surface area contributed by atoms with E-state index in [0.717, 1.165) is 9.37 Å². The molecule has 0 bridgehead atoms. The molecule has 1 aromatic rings. The van der Waals surface area contributed by atoms with Crippen molar-refractivity contribution in [1.82, 2.24) is 0 Å². The van der Waals surface area contributed by atoms with Crippen LogP contribution in [0.1, 0.15) is 5.56 Å². The number of hydrogen-bond donors (Lipinski definition) is 1. The first-order valence-electron chi connectivity index (χ1n) is 2.76. The van der Waals surface area contributed by atoms with E-state index in [9.17, 15) is 0 Å². The van der Waals surface area contributed by atoms with Crippen molar-refractivity contribution in [3.63, 3.8) is 0 Å². The van der Waals surface area contributed by atoms with E-state index in [1.807, 2.05) is 12.1 Å². The van der Waals surface area contributed by atoms with Crippen LogP contribution in [0.3, 0.4) is 0 Å². The Balaban J connectivity index is 3.34. The normalized spacial score (nSPS) is 10.0. The van der Waals surface area contributed by atoms with E-state index < -0.39 is 0 Å². The summed E-state index contributed by atoms with van der Waals surface area (Å²) in [6.07, 6.45) is 0. The minimum absolute atomic E-state index is 1.06. The third-order valence-corrected chi connectivity index (χ3v) is 4.08. The quantitative estimate of drug-likeness (QED) is 0.545. The van der Waals surface area contributed by atoms with E-state index in [0.29, 0.717) is 0 Å². The van der Waals surface area contributed by atoms with Gasteiger partial charge in [0.25, 0.3) is 0 Å². The Morgan fingerprint density at radius 3 is 2.60 bits per heavy atom. The van der Waals surface area contributed by atoms with Crippen molar-refractivity contribution in [3.05, 3.63) is 25.7 Å². The van der Waals surface area contributed by atoms with Crippen molar-refractivity contribution < 1.29 is 0 Å². The van der Waals surface area contributed by atoms with Crippen LogP contribution in [0.15, 0.2) is 21.5 Å². The van der Waals surface area contributed by atoms with Gasteiger partial charge in [-0.15, -0.1) is 12.6 Å². The van der Waals surface area contributed by atoms with Crippen LogP contribution in [-0.2, 0) is 0 Å². The Morgan fingerprint density at radius 2 is 2.10 bits per heavy atom. The highest BCUT2D eigenvalue weighted by Gasteiger charge is 2.01. The first-order chi connectivity index (χ1) is 4.63. The Hall–Kier alpha value is 0.780. The zero-order chi connectivity index (χ0) is 7.72. The number of halogens is 2. The second-order valence-corrected chi connectivity index (χ2v) is 4.47. The number of benzene rings is 1. The summed E-state index contributed by atoms with van der Waals surface area (Å²) in [5.74, 6) is 0. The maximum absolute atomic E-state index is 4.34. The lowest BCUT2D eigenvalue weighted by molar-refractivity contribution is 1.25. The molecule has 0 N–H and O–H groups in total. The molecule has 0 nitrogen and oxygen atoms in total. The maximum atomic E-state index is 4.34. The highest BCUT2D eigenvalue weighted by molar-refractivity contribution is 14.1. The van der Waals surface area contributed by atoms with Crippen LogP contribution in [0.25, 0.3) is 0 Å². The second kappa shape index (κ2) is 3.45. The molecule has 0 fully saturated rings. The molecule has 0 saturated heterocycles. The molecule has 0 radical (unpaired) electrons. The SMILES string of the molecule is Cc1c(Br)ccc(I)c1S. The Morgan fingerprint density at radius 1 is 1.50 bits per heavy atom. The number of thiol groups is 1. The fourth-order valence-corrected chi connectivity index (χ4v) is 1.91. The molecule has 0 aliphatic rings. The van der Waals surface area contributed by atoms with Gasteiger partial charge in [-0.1, -0.05) is 15.9 Å². The molecule has 10 heavy (non-hydrogen) atoms. The summed E-state index contributed by atoms with van der Waals surface area (Å²) in [6.45, 7) is 2.05. The number of rotatable bonds is 0. The molecule has 0 heterocycles. The van der Waals surface area contributed by atoms with Gasteiger partial charge in [0.15, 0.2) is 0 Å². The molecule has 0 aliphatic carbocycles. The van der Waals surface area contributed by atoms with E-state index in [1.54, 1.807) is 0 Å². The van der Waals surface area contributed by atoms with Crippen molar-refractivity contribution in [2.75, 3.05) is 0 Å². The third-order valence-electron chi connectivity index (χ3n) is 1.32. The summed E-state index contributed by atoms with van der Waals surface area (Å²) in [5.41, 5.74) is 1.20. The molecule has 3 heteroatoms. The summed E-state index contributed by atoms with van der Waals surface area (Å²) in [5, 5.41) is 0. The number of hydrogen-bond acceptors (Lipinski definition) is 1. The van der Waals surface area contributed by atoms with E-state index in [2.05, 4.69) is 58.1 Å². The molecule has 1 rings (SSSR count). The van der Waals surface area contributed by atoms with E-state index in [1.165, 1.54) is 9.13 Å². The van der Waals surface area contributed by atoms with Crippen molar-refractivity contribution in [2.24, 2.45) is 0 Å². The fourth-order valence-electron chi connectivity index (χ4n) is 0.642. The highest BCUT2D eigenvalue weighted by Crippen LogP contribution is 2.26. The summed E-state index contributed by atoms with van der Waals surface area (Å²) in [7, 11) is 0. The summed E-state index contributed by atoms with van der Waals surface area (Å²) in [6, 6.07) is 4.08. The van der Waals surface area contributed by atoms with Gasteiger partial charge >= 0.3 is 0 Å². The Labute approximate surface area is 88.1 Å². The average Bonchev–Trinajstić information content (AvgIpc) is 1.93. The third kappa shape index (κ3) is 1.68. The first kappa shape index (κ1) is 8.87. The van der Waals surface area contributed by atoms with Gasteiger partial charge in [0.1, 0.15) is 0 Å². The zero-order valence-corrected chi connectivity index (χ0v) is 10.00. The van der Waals surface area contributed by atoms with Gasteiger partial charge in [0.2, 0.25) is 0 Å². The molecule has 0 saturated carbocycles. The molecule has 0 atom stereocenters. The zero-order valence-electron chi connectivity index (χ0n) is 5.36. The van der Waals surface area contributed by atoms with Crippen molar-refractivity contribution >= 4 is 51.1 Å². The summed E-state index contributed by atoms with van der Waals surface area (Å²) >= 11 is 10.0. The van der Waals surface area contributed by atoms with Crippen molar-refractivity contribution in [3.8, 4) is 0 Å². The van der Waals surface area contributed by atoms with E-state index in [-0.39, 0.29) is 0 Å². The van der Waals surface area contributed by atoms with Crippen molar-refractivity contribution in [1.29, 1.82) is 0 Å². The summed E-state index contributed by atoms with van der Waals surface area (Å²) < 4.78 is 2.32. The second-order valence-electron chi connectivity index (χ2n) is 2.00. The summed E-state index contributed by atoms with van der Waals surface area (Å²) in [4.78, 5) is 1.06. The lowest BCUT2D eigenvalue weighted by Gasteiger charge is -2.02. The van der Waals surface area contributed by atoms with Gasteiger partial charge in [-0.25, -0.2) is 0 Å². The van der Waals surface area contributed by atoms with Gasteiger partial charge in [0, 0.05) is 12.9 Å². The minimum atomic E-state index is 1.06. The smallest absolute Gasteiger partial charge is 0.0267 e. The van der Waals surface area contributed by atoms with Gasteiger partial charge < -0.3 is 0 Å². The molecule has 0 aromatic heterocycles. The van der Waals surface area contributed by atoms with E-state index in [4.69, 9.17) is 0 Å². The van der Waals surface area contributed by atoms with E-state index >= 15 is 0 Å². The molecule has 54 valence electrons. The molecule has 0 aliphatic heterocycles. The monoisotopic (exact) mass is 328 g/mol. The van der Waals surface area contributed by atoms with Gasteiger partial charge in [0.05, 0.1) is 0 Å². The topological polar surface area (TPSA) is 0 Å². The van der Waals surface area contributed by atoms with Crippen LogP contribution in [-0.4, -0.2) is 0 Å². The first-order valence-corrected chi connectivity index (χ1v) is 5.08. The molecular formula is C7H6BrIS. The predicted molar refractivity (Wildman–Crippen MR) is 58.8 cm³/mol.